The van der Waals surface area contributed by atoms with E-state index in [9.17, 15) is 8.42 Å². The van der Waals surface area contributed by atoms with Crippen LogP contribution in [0.2, 0.25) is 0 Å². The largest absolute Gasteiger partial charge is 0.268 e. The van der Waals surface area contributed by atoms with Gasteiger partial charge in [0.05, 0.1) is 4.90 Å². The fourth-order valence-electron chi connectivity index (χ4n) is 2.97. The first kappa shape index (κ1) is 17.8. The van der Waals surface area contributed by atoms with Gasteiger partial charge in [-0.05, 0) is 44.2 Å². The summed E-state index contributed by atoms with van der Waals surface area (Å²) >= 11 is 1.57. The number of aromatic nitrogens is 1. The highest BCUT2D eigenvalue weighted by Gasteiger charge is 2.24. The molecule has 2 aromatic carbocycles. The van der Waals surface area contributed by atoms with E-state index in [1.165, 1.54) is 9.54 Å². The van der Waals surface area contributed by atoms with Crippen molar-refractivity contribution in [2.24, 2.45) is 0 Å². The maximum absolute atomic E-state index is 13.2. The Labute approximate surface area is 153 Å². The quantitative estimate of drug-likeness (QED) is 0.603. The Morgan fingerprint density at radius 3 is 2.16 bits per heavy atom. The lowest BCUT2D eigenvalue weighted by atomic mass is 10.1. The molecule has 0 aliphatic carbocycles. The third-order valence-corrected chi connectivity index (χ3v) is 7.18. The number of rotatable bonds is 4. The highest BCUT2D eigenvalue weighted by Crippen LogP contribution is 2.36. The van der Waals surface area contributed by atoms with Crippen LogP contribution >= 0.6 is 11.8 Å². The number of aryl methyl sites for hydroxylation is 2. The Kier molecular flexibility index (Phi) is 4.80. The van der Waals surface area contributed by atoms with Gasteiger partial charge in [0.2, 0.25) is 0 Å². The van der Waals surface area contributed by atoms with E-state index in [0.29, 0.717) is 4.90 Å². The minimum atomic E-state index is -3.62. The Bertz CT molecular complexity index is 1020. The van der Waals surface area contributed by atoms with Crippen LogP contribution in [0.3, 0.4) is 0 Å². The predicted molar refractivity (Wildman–Crippen MR) is 105 cm³/mol. The highest BCUT2D eigenvalue weighted by molar-refractivity contribution is 7.98. The minimum Gasteiger partial charge on any atom is -0.244 e. The van der Waals surface area contributed by atoms with Gasteiger partial charge in [0.15, 0.2) is 0 Å². The lowest BCUT2D eigenvalue weighted by Gasteiger charge is -2.10. The molecular formula is C20H21NO2S2. The zero-order valence-corrected chi connectivity index (χ0v) is 16.4. The fourth-order valence-corrected chi connectivity index (χ4v) is 5.44. The molecule has 1 heterocycles. The summed E-state index contributed by atoms with van der Waals surface area (Å²) in [6.07, 6.45) is 3.72. The number of thioether (sulfide) groups is 1. The molecule has 0 amide bonds. The molecule has 0 radical (unpaired) electrons. The standard InChI is InChI=1S/C20H21NO2S2/c1-14-9-11-17(12-10-14)18-13-21(16(3)20(18)24-4)25(22,23)19-8-6-5-7-15(19)2/h5-13H,1-4H3. The van der Waals surface area contributed by atoms with Crippen molar-refractivity contribution in [1.82, 2.24) is 3.97 Å². The van der Waals surface area contributed by atoms with Crippen molar-refractivity contribution in [1.29, 1.82) is 0 Å². The molecule has 0 unspecified atom stereocenters. The van der Waals surface area contributed by atoms with Crippen molar-refractivity contribution in [3.05, 3.63) is 71.5 Å². The van der Waals surface area contributed by atoms with Crippen molar-refractivity contribution < 1.29 is 8.42 Å². The van der Waals surface area contributed by atoms with Gasteiger partial charge >= 0.3 is 0 Å². The van der Waals surface area contributed by atoms with Crippen LogP contribution in [0.1, 0.15) is 16.8 Å². The van der Waals surface area contributed by atoms with E-state index in [-0.39, 0.29) is 0 Å². The molecule has 0 atom stereocenters. The van der Waals surface area contributed by atoms with E-state index in [1.54, 1.807) is 30.1 Å². The van der Waals surface area contributed by atoms with Crippen LogP contribution in [0.25, 0.3) is 11.1 Å². The Hall–Kier alpha value is -1.98. The lowest BCUT2D eigenvalue weighted by molar-refractivity contribution is 0.585. The third kappa shape index (κ3) is 3.14. The molecule has 0 saturated carbocycles. The van der Waals surface area contributed by atoms with Crippen LogP contribution in [-0.4, -0.2) is 18.6 Å². The number of benzene rings is 2. The molecule has 0 aliphatic rings. The van der Waals surface area contributed by atoms with Crippen LogP contribution in [0.15, 0.2) is 64.5 Å². The summed E-state index contributed by atoms with van der Waals surface area (Å²) < 4.78 is 27.8. The summed E-state index contributed by atoms with van der Waals surface area (Å²) in [7, 11) is -3.62. The van der Waals surface area contributed by atoms with Crippen LogP contribution < -0.4 is 0 Å². The van der Waals surface area contributed by atoms with Gasteiger partial charge in [0, 0.05) is 22.3 Å². The maximum Gasteiger partial charge on any atom is 0.268 e. The van der Waals surface area contributed by atoms with Gasteiger partial charge in [-0.2, -0.15) is 0 Å². The highest BCUT2D eigenvalue weighted by atomic mass is 32.2. The summed E-state index contributed by atoms with van der Waals surface area (Å²) in [5.74, 6) is 0. The summed E-state index contributed by atoms with van der Waals surface area (Å²) in [5, 5.41) is 0. The van der Waals surface area contributed by atoms with E-state index in [1.807, 2.05) is 63.4 Å². The first-order valence-corrected chi connectivity index (χ1v) is 10.7. The fraction of sp³-hybridized carbons (Fsp3) is 0.200. The van der Waals surface area contributed by atoms with Gasteiger partial charge < -0.3 is 0 Å². The normalized spacial score (nSPS) is 11.7. The third-order valence-electron chi connectivity index (χ3n) is 4.35. The van der Waals surface area contributed by atoms with Crippen molar-refractivity contribution in [3.63, 3.8) is 0 Å². The van der Waals surface area contributed by atoms with E-state index < -0.39 is 10.0 Å². The van der Waals surface area contributed by atoms with Crippen LogP contribution in [0.5, 0.6) is 0 Å². The SMILES string of the molecule is CSc1c(-c2ccc(C)cc2)cn(S(=O)(=O)c2ccccc2C)c1C. The van der Waals surface area contributed by atoms with Gasteiger partial charge in [-0.1, -0.05) is 48.0 Å². The molecule has 0 aliphatic heterocycles. The second-order valence-electron chi connectivity index (χ2n) is 6.09. The van der Waals surface area contributed by atoms with Gasteiger partial charge in [0.1, 0.15) is 0 Å². The predicted octanol–water partition coefficient (Wildman–Crippen LogP) is 5.04. The Morgan fingerprint density at radius 2 is 1.56 bits per heavy atom. The molecule has 0 N–H and O–H groups in total. The molecule has 0 bridgehead atoms. The van der Waals surface area contributed by atoms with E-state index >= 15 is 0 Å². The molecule has 130 valence electrons. The Morgan fingerprint density at radius 1 is 0.920 bits per heavy atom. The molecule has 1 aromatic heterocycles. The van der Waals surface area contributed by atoms with Crippen molar-refractivity contribution in [2.75, 3.05) is 6.26 Å². The number of hydrogen-bond acceptors (Lipinski definition) is 3. The van der Waals surface area contributed by atoms with Crippen LogP contribution in [0, 0.1) is 20.8 Å². The van der Waals surface area contributed by atoms with Gasteiger partial charge in [-0.3, -0.25) is 0 Å². The molecule has 3 rings (SSSR count). The van der Waals surface area contributed by atoms with Crippen LogP contribution in [-0.2, 0) is 10.0 Å². The van der Waals surface area contributed by atoms with Gasteiger partial charge in [-0.25, -0.2) is 12.4 Å². The first-order valence-electron chi connectivity index (χ1n) is 8.00. The molecular weight excluding hydrogens is 350 g/mol. The summed E-state index contributed by atoms with van der Waals surface area (Å²) in [5.41, 5.74) is 4.64. The number of nitrogens with zero attached hydrogens (tertiary/aromatic N) is 1. The summed E-state index contributed by atoms with van der Waals surface area (Å²) in [4.78, 5) is 1.33. The molecule has 0 spiro atoms. The van der Waals surface area contributed by atoms with Crippen molar-refractivity contribution in [3.8, 4) is 11.1 Å². The molecule has 0 saturated heterocycles. The van der Waals surface area contributed by atoms with Crippen LogP contribution in [0.4, 0.5) is 0 Å². The van der Waals surface area contributed by atoms with E-state index in [2.05, 4.69) is 0 Å². The lowest BCUT2D eigenvalue weighted by Crippen LogP contribution is -2.14. The number of hydrogen-bond donors (Lipinski definition) is 0. The second kappa shape index (κ2) is 6.73. The van der Waals surface area contributed by atoms with E-state index in [0.717, 1.165) is 27.3 Å². The average Bonchev–Trinajstić information content (AvgIpc) is 2.93. The monoisotopic (exact) mass is 371 g/mol. The Balaban J connectivity index is 2.22. The molecule has 3 nitrogen and oxygen atoms in total. The van der Waals surface area contributed by atoms with Gasteiger partial charge in [-0.15, -0.1) is 11.8 Å². The molecule has 25 heavy (non-hydrogen) atoms. The average molecular weight is 372 g/mol. The molecule has 5 heteroatoms. The van der Waals surface area contributed by atoms with Crippen molar-refractivity contribution >= 4 is 21.8 Å². The molecule has 0 fully saturated rings. The zero-order chi connectivity index (χ0) is 18.2. The maximum atomic E-state index is 13.2. The van der Waals surface area contributed by atoms with Gasteiger partial charge in [0.25, 0.3) is 10.0 Å². The summed E-state index contributed by atoms with van der Waals surface area (Å²) in [6.45, 7) is 5.72. The second-order valence-corrected chi connectivity index (χ2v) is 8.69. The van der Waals surface area contributed by atoms with E-state index in [4.69, 9.17) is 0 Å². The summed E-state index contributed by atoms with van der Waals surface area (Å²) in [6, 6.07) is 15.3. The smallest absolute Gasteiger partial charge is 0.244 e. The topological polar surface area (TPSA) is 39.1 Å². The first-order chi connectivity index (χ1) is 11.9. The molecule has 3 aromatic rings. The minimum absolute atomic E-state index is 0.344. The zero-order valence-electron chi connectivity index (χ0n) is 14.8. The van der Waals surface area contributed by atoms with Crippen molar-refractivity contribution in [2.45, 2.75) is 30.6 Å².